The number of hydrogen-bond donors (Lipinski definition) is 7. The highest BCUT2D eigenvalue weighted by atomic mass is 16.8. The molecule has 7 N–H and O–H groups in total. The molecule has 2 aromatic carbocycles. The van der Waals surface area contributed by atoms with Crippen molar-refractivity contribution in [1.82, 2.24) is 0 Å². The fourth-order valence-corrected chi connectivity index (χ4v) is 5.46. The molecule has 0 spiro atoms. The summed E-state index contributed by atoms with van der Waals surface area (Å²) in [4.78, 5) is 26.7. The summed E-state index contributed by atoms with van der Waals surface area (Å²) in [7, 11) is 0. The Kier molecular flexibility index (Phi) is 8.34. The van der Waals surface area contributed by atoms with Crippen LogP contribution < -0.4 is 0 Å². The van der Waals surface area contributed by atoms with Crippen molar-refractivity contribution in [3.05, 3.63) is 66.5 Å². The first-order valence-electron chi connectivity index (χ1n) is 13.2. The minimum absolute atomic E-state index is 0.00930. The number of phenolic OH excluding ortho intramolecular Hbond substituents is 3. The van der Waals surface area contributed by atoms with Crippen LogP contribution in [-0.4, -0.2) is 103 Å². The molecule has 5 rings (SSSR count). The summed E-state index contributed by atoms with van der Waals surface area (Å²) in [5.41, 5.74) is -2.20. The molecule has 0 amide bonds. The minimum atomic E-state index is -1.86. The van der Waals surface area contributed by atoms with E-state index in [1.165, 1.54) is 36.4 Å². The summed E-state index contributed by atoms with van der Waals surface area (Å²) in [6.07, 6.45) is -7.46. The predicted molar refractivity (Wildman–Crippen MR) is 142 cm³/mol. The van der Waals surface area contributed by atoms with Crippen LogP contribution >= 0.6 is 0 Å². The summed E-state index contributed by atoms with van der Waals surface area (Å²) in [6.45, 7) is 2.86. The number of hydrogen-bond acceptors (Lipinski definition) is 14. The Morgan fingerprint density at radius 2 is 1.81 bits per heavy atom. The number of carbonyl (C=O) groups is 2. The van der Waals surface area contributed by atoms with Gasteiger partial charge in [0.05, 0.1) is 19.1 Å². The zero-order valence-electron chi connectivity index (χ0n) is 22.5. The Hall–Kier alpha value is -4.18. The van der Waals surface area contributed by atoms with Crippen LogP contribution in [0.25, 0.3) is 11.1 Å². The average Bonchev–Trinajstić information content (AvgIpc) is 2.96. The number of benzene rings is 2. The van der Waals surface area contributed by atoms with Crippen molar-refractivity contribution in [1.29, 1.82) is 0 Å². The summed E-state index contributed by atoms with van der Waals surface area (Å²) < 4.78 is 28.0. The van der Waals surface area contributed by atoms with Gasteiger partial charge in [-0.25, -0.2) is 9.59 Å². The van der Waals surface area contributed by atoms with Gasteiger partial charge in [-0.3, -0.25) is 0 Å². The fraction of sp³-hybridized carbons (Fsp3) is 0.379. The number of esters is 2. The van der Waals surface area contributed by atoms with E-state index in [1.807, 2.05) is 0 Å². The molecule has 14 heteroatoms. The topological polar surface area (TPSA) is 222 Å². The lowest BCUT2D eigenvalue weighted by molar-refractivity contribution is -0.343. The number of ether oxygens (including phenoxy) is 5. The van der Waals surface area contributed by atoms with Crippen molar-refractivity contribution in [2.24, 2.45) is 5.92 Å². The molecule has 8 atom stereocenters. The van der Waals surface area contributed by atoms with Crippen molar-refractivity contribution in [2.75, 3.05) is 13.2 Å². The molecule has 0 bridgehead atoms. The Balaban J connectivity index is 1.52. The van der Waals surface area contributed by atoms with Crippen LogP contribution in [0, 0.1) is 5.92 Å². The molecule has 3 aliphatic rings. The number of phenols is 3. The predicted octanol–water partition coefficient (Wildman–Crippen LogP) is 0.172. The number of aliphatic hydroxyl groups is 4. The van der Waals surface area contributed by atoms with Gasteiger partial charge in [0.15, 0.2) is 11.9 Å². The van der Waals surface area contributed by atoms with Crippen molar-refractivity contribution in [2.45, 2.75) is 49.0 Å². The monoisotopic (exact) mass is 602 g/mol. The molecule has 3 aliphatic heterocycles. The molecule has 0 saturated carbocycles. The third kappa shape index (κ3) is 5.40. The van der Waals surface area contributed by atoms with Gasteiger partial charge in [-0.05, 0) is 23.8 Å². The van der Waals surface area contributed by atoms with Gasteiger partial charge in [0.1, 0.15) is 59.1 Å². The van der Waals surface area contributed by atoms with Crippen LogP contribution in [0.15, 0.2) is 60.9 Å². The SMILES string of the molecule is C=C[C@@H]1[C@@H](O[C@@H]2O[C@H](CO)[C@@H](O)[C@H](O)[C@H]2O)OC=C2C(=O)OCC[C@@]21OC(=O)c1c(O)cc(O)cc1-c1cccc(O)c1. The van der Waals surface area contributed by atoms with Gasteiger partial charge in [-0.1, -0.05) is 18.2 Å². The molecule has 230 valence electrons. The molecular formula is C29H30O14. The van der Waals surface area contributed by atoms with E-state index in [0.29, 0.717) is 0 Å². The van der Waals surface area contributed by atoms with E-state index >= 15 is 0 Å². The molecule has 43 heavy (non-hydrogen) atoms. The molecule has 0 unspecified atom stereocenters. The van der Waals surface area contributed by atoms with Gasteiger partial charge in [0.25, 0.3) is 0 Å². The van der Waals surface area contributed by atoms with E-state index in [0.717, 1.165) is 12.3 Å². The van der Waals surface area contributed by atoms with E-state index in [9.17, 15) is 45.3 Å². The van der Waals surface area contributed by atoms with Crippen molar-refractivity contribution >= 4 is 11.9 Å². The molecule has 0 aliphatic carbocycles. The van der Waals surface area contributed by atoms with Crippen LogP contribution in [0.3, 0.4) is 0 Å². The second-order valence-electron chi connectivity index (χ2n) is 10.2. The summed E-state index contributed by atoms with van der Waals surface area (Å²) in [6, 6.07) is 7.82. The first kappa shape index (κ1) is 30.3. The number of aliphatic hydroxyl groups excluding tert-OH is 4. The van der Waals surface area contributed by atoms with Crippen LogP contribution in [-0.2, 0) is 28.5 Å². The summed E-state index contributed by atoms with van der Waals surface area (Å²) >= 11 is 0. The van der Waals surface area contributed by atoms with E-state index in [-0.39, 0.29) is 41.2 Å². The molecule has 3 heterocycles. The lowest BCUT2D eigenvalue weighted by Crippen LogP contribution is -2.62. The average molecular weight is 603 g/mol. The largest absolute Gasteiger partial charge is 0.508 e. The highest BCUT2D eigenvalue weighted by Crippen LogP contribution is 2.46. The Bertz CT molecular complexity index is 1440. The van der Waals surface area contributed by atoms with Gasteiger partial charge >= 0.3 is 11.9 Å². The zero-order valence-corrected chi connectivity index (χ0v) is 22.5. The number of cyclic esters (lactones) is 1. The van der Waals surface area contributed by atoms with Crippen LogP contribution in [0.1, 0.15) is 16.8 Å². The summed E-state index contributed by atoms with van der Waals surface area (Å²) in [5.74, 6) is -4.37. The maximum absolute atomic E-state index is 13.9. The molecular weight excluding hydrogens is 572 g/mol. The van der Waals surface area contributed by atoms with Crippen LogP contribution in [0.2, 0.25) is 0 Å². The van der Waals surface area contributed by atoms with E-state index in [4.69, 9.17) is 23.7 Å². The number of aromatic hydroxyl groups is 3. The molecule has 0 aromatic heterocycles. The van der Waals surface area contributed by atoms with E-state index in [1.54, 1.807) is 0 Å². The van der Waals surface area contributed by atoms with E-state index in [2.05, 4.69) is 6.58 Å². The first-order chi connectivity index (χ1) is 20.5. The smallest absolute Gasteiger partial charge is 0.343 e. The quantitative estimate of drug-likeness (QED) is 0.166. The molecule has 0 radical (unpaired) electrons. The second kappa shape index (κ2) is 11.8. The first-order valence-corrected chi connectivity index (χ1v) is 13.2. The van der Waals surface area contributed by atoms with Crippen molar-refractivity contribution in [3.63, 3.8) is 0 Å². The Labute approximate surface area is 244 Å². The number of fused-ring (bicyclic) bond motifs is 1. The van der Waals surface area contributed by atoms with Crippen molar-refractivity contribution < 1.29 is 69.0 Å². The zero-order chi connectivity index (χ0) is 31.1. The maximum atomic E-state index is 13.9. The van der Waals surface area contributed by atoms with Crippen LogP contribution in [0.4, 0.5) is 0 Å². The highest BCUT2D eigenvalue weighted by molar-refractivity contribution is 6.02. The lowest BCUT2D eigenvalue weighted by atomic mass is 9.75. The van der Waals surface area contributed by atoms with Gasteiger partial charge in [-0.2, -0.15) is 0 Å². The highest BCUT2D eigenvalue weighted by Gasteiger charge is 2.58. The fourth-order valence-electron chi connectivity index (χ4n) is 5.46. The third-order valence-corrected chi connectivity index (χ3v) is 7.64. The third-order valence-electron chi connectivity index (χ3n) is 7.64. The van der Waals surface area contributed by atoms with Gasteiger partial charge in [-0.15, -0.1) is 6.58 Å². The summed E-state index contributed by atoms with van der Waals surface area (Å²) in [5, 5.41) is 71.2. The maximum Gasteiger partial charge on any atom is 0.343 e. The molecule has 14 nitrogen and oxygen atoms in total. The number of carbonyl (C=O) groups excluding carboxylic acids is 2. The van der Waals surface area contributed by atoms with Crippen LogP contribution in [0.5, 0.6) is 17.2 Å². The van der Waals surface area contributed by atoms with Gasteiger partial charge in [0, 0.05) is 18.1 Å². The molecule has 2 saturated heterocycles. The normalized spacial score (nSPS) is 32.0. The lowest BCUT2D eigenvalue weighted by Gasteiger charge is -2.48. The number of rotatable bonds is 7. The standard InChI is InChI=1S/C29H30O14/c1-2-17-27(42-28-24(36)23(35)22(34)20(11-30)41-28)40-12-18-25(37)39-7-6-29(17,18)43-26(38)21-16(9-15(32)10-19(21)33)13-4-3-5-14(31)8-13/h2-5,8-10,12,17,20,22-24,27-28,30-36H,1,6-7,11H2/t17-,20-,22-,23+,24-,27-,28+,29+/m1/s1. The van der Waals surface area contributed by atoms with Crippen molar-refractivity contribution in [3.8, 4) is 28.4 Å². The minimum Gasteiger partial charge on any atom is -0.508 e. The van der Waals surface area contributed by atoms with Gasteiger partial charge in [0.2, 0.25) is 6.29 Å². The Morgan fingerprint density at radius 3 is 2.51 bits per heavy atom. The molecule has 2 aromatic rings. The Morgan fingerprint density at radius 1 is 1.05 bits per heavy atom. The second-order valence-corrected chi connectivity index (χ2v) is 10.2. The molecule has 2 fully saturated rings. The van der Waals surface area contributed by atoms with Gasteiger partial charge < -0.3 is 59.4 Å². The van der Waals surface area contributed by atoms with E-state index < -0.39 is 78.4 Å².